The molecule has 2 aliphatic rings. The van der Waals surface area contributed by atoms with Gasteiger partial charge in [-0.15, -0.1) is 0 Å². The molecule has 1 N–H and O–H groups in total. The Hall–Kier alpha value is -1.40. The van der Waals surface area contributed by atoms with Gasteiger partial charge in [0.05, 0.1) is 11.8 Å². The van der Waals surface area contributed by atoms with E-state index in [0.29, 0.717) is 6.04 Å². The highest BCUT2D eigenvalue weighted by atomic mass is 16.2. The van der Waals surface area contributed by atoms with Crippen LogP contribution in [0.4, 0.5) is 0 Å². The molecule has 1 amide bonds. The Morgan fingerprint density at radius 1 is 1.35 bits per heavy atom. The predicted molar refractivity (Wildman–Crippen MR) is 76.7 cm³/mol. The molecule has 0 spiro atoms. The number of aromatic nitrogens is 2. The fourth-order valence-corrected chi connectivity index (χ4v) is 3.12. The molecule has 110 valence electrons. The SMILES string of the molecule is Cc1c(C(=O)N2CCN(C3CCNC3)CC2)cnn1C. The number of amides is 1. The van der Waals surface area contributed by atoms with E-state index in [1.54, 1.807) is 10.9 Å². The van der Waals surface area contributed by atoms with Gasteiger partial charge in [-0.1, -0.05) is 0 Å². The van der Waals surface area contributed by atoms with Crippen molar-refractivity contribution in [2.24, 2.45) is 7.05 Å². The molecule has 3 rings (SSSR count). The van der Waals surface area contributed by atoms with Gasteiger partial charge in [0.1, 0.15) is 0 Å². The van der Waals surface area contributed by atoms with E-state index in [1.807, 2.05) is 18.9 Å². The topological polar surface area (TPSA) is 53.4 Å². The normalized spacial score (nSPS) is 24.3. The number of rotatable bonds is 2. The van der Waals surface area contributed by atoms with Crippen LogP contribution in [0.1, 0.15) is 22.5 Å². The number of hydrogen-bond donors (Lipinski definition) is 1. The Kier molecular flexibility index (Phi) is 3.76. The molecule has 2 fully saturated rings. The van der Waals surface area contributed by atoms with E-state index < -0.39 is 0 Å². The molecular formula is C14H23N5O. The Balaban J connectivity index is 1.60. The van der Waals surface area contributed by atoms with E-state index in [-0.39, 0.29) is 5.91 Å². The number of aryl methyl sites for hydroxylation is 1. The van der Waals surface area contributed by atoms with Crippen molar-refractivity contribution < 1.29 is 4.79 Å². The molecule has 1 aromatic rings. The van der Waals surface area contributed by atoms with Crippen molar-refractivity contribution in [3.63, 3.8) is 0 Å². The summed E-state index contributed by atoms with van der Waals surface area (Å²) in [5.41, 5.74) is 1.68. The average Bonchev–Trinajstić information content (AvgIpc) is 3.10. The maximum atomic E-state index is 12.5. The molecular weight excluding hydrogens is 254 g/mol. The van der Waals surface area contributed by atoms with Gasteiger partial charge in [0.25, 0.3) is 5.91 Å². The first-order chi connectivity index (χ1) is 9.66. The first-order valence-electron chi connectivity index (χ1n) is 7.39. The van der Waals surface area contributed by atoms with Crippen LogP contribution < -0.4 is 5.32 Å². The Morgan fingerprint density at radius 2 is 2.10 bits per heavy atom. The highest BCUT2D eigenvalue weighted by molar-refractivity contribution is 5.95. The van der Waals surface area contributed by atoms with Crippen LogP contribution in [0.15, 0.2) is 6.20 Å². The number of nitrogens with one attached hydrogen (secondary N) is 1. The molecule has 6 nitrogen and oxygen atoms in total. The number of carbonyl (C=O) groups is 1. The number of hydrogen-bond acceptors (Lipinski definition) is 4. The second-order valence-electron chi connectivity index (χ2n) is 5.74. The lowest BCUT2D eigenvalue weighted by molar-refractivity contribution is 0.0583. The zero-order valence-electron chi connectivity index (χ0n) is 12.3. The lowest BCUT2D eigenvalue weighted by Gasteiger charge is -2.37. The van der Waals surface area contributed by atoms with E-state index in [2.05, 4.69) is 15.3 Å². The summed E-state index contributed by atoms with van der Waals surface area (Å²) >= 11 is 0. The van der Waals surface area contributed by atoms with Crippen LogP contribution in [0.5, 0.6) is 0 Å². The van der Waals surface area contributed by atoms with Crippen LogP contribution in [0.3, 0.4) is 0 Å². The summed E-state index contributed by atoms with van der Waals surface area (Å²) in [6, 6.07) is 0.660. The van der Waals surface area contributed by atoms with Gasteiger partial charge in [0.2, 0.25) is 0 Å². The number of carbonyl (C=O) groups excluding carboxylic acids is 1. The molecule has 2 aliphatic heterocycles. The molecule has 0 radical (unpaired) electrons. The van der Waals surface area contributed by atoms with Gasteiger partial charge >= 0.3 is 0 Å². The standard InChI is InChI=1S/C14H23N5O/c1-11-13(10-16-17(11)2)14(20)19-7-5-18(6-8-19)12-3-4-15-9-12/h10,12,15H,3-9H2,1-2H3. The second-order valence-corrected chi connectivity index (χ2v) is 5.74. The second kappa shape index (κ2) is 5.54. The minimum atomic E-state index is 0.125. The number of piperazine rings is 1. The molecule has 1 unspecified atom stereocenters. The van der Waals surface area contributed by atoms with Gasteiger partial charge in [0.15, 0.2) is 0 Å². The maximum Gasteiger partial charge on any atom is 0.257 e. The zero-order valence-corrected chi connectivity index (χ0v) is 12.3. The number of nitrogens with zero attached hydrogens (tertiary/aromatic N) is 4. The summed E-state index contributed by atoms with van der Waals surface area (Å²) in [6.07, 6.45) is 2.92. The molecule has 2 saturated heterocycles. The third-order valence-electron chi connectivity index (χ3n) is 4.62. The van der Waals surface area contributed by atoms with Gasteiger partial charge in [0, 0.05) is 51.5 Å². The van der Waals surface area contributed by atoms with E-state index >= 15 is 0 Å². The maximum absolute atomic E-state index is 12.5. The van der Waals surface area contributed by atoms with Crippen molar-refractivity contribution in [1.29, 1.82) is 0 Å². The van der Waals surface area contributed by atoms with E-state index in [0.717, 1.165) is 50.5 Å². The van der Waals surface area contributed by atoms with Crippen molar-refractivity contribution in [1.82, 2.24) is 24.9 Å². The summed E-state index contributed by atoms with van der Waals surface area (Å²) in [5.74, 6) is 0.125. The molecule has 0 aromatic carbocycles. The molecule has 20 heavy (non-hydrogen) atoms. The minimum Gasteiger partial charge on any atom is -0.336 e. The largest absolute Gasteiger partial charge is 0.336 e. The van der Waals surface area contributed by atoms with Gasteiger partial charge < -0.3 is 10.2 Å². The third-order valence-corrected chi connectivity index (χ3v) is 4.62. The Labute approximate surface area is 119 Å². The van der Waals surface area contributed by atoms with Crippen molar-refractivity contribution in [2.45, 2.75) is 19.4 Å². The average molecular weight is 277 g/mol. The van der Waals surface area contributed by atoms with E-state index in [4.69, 9.17) is 0 Å². The summed E-state index contributed by atoms with van der Waals surface area (Å²) in [7, 11) is 1.87. The van der Waals surface area contributed by atoms with Crippen LogP contribution in [-0.2, 0) is 7.05 Å². The van der Waals surface area contributed by atoms with Crippen molar-refractivity contribution in [2.75, 3.05) is 39.3 Å². The predicted octanol–water partition coefficient (Wildman–Crippen LogP) is -0.152. The van der Waals surface area contributed by atoms with Gasteiger partial charge in [-0.2, -0.15) is 5.10 Å². The van der Waals surface area contributed by atoms with Crippen LogP contribution >= 0.6 is 0 Å². The van der Waals surface area contributed by atoms with Gasteiger partial charge in [-0.25, -0.2) is 0 Å². The summed E-state index contributed by atoms with van der Waals surface area (Å²) in [5, 5.41) is 7.57. The van der Waals surface area contributed by atoms with Gasteiger partial charge in [-0.05, 0) is 19.9 Å². The first-order valence-corrected chi connectivity index (χ1v) is 7.39. The Morgan fingerprint density at radius 3 is 2.65 bits per heavy atom. The first kappa shape index (κ1) is 13.6. The lowest BCUT2D eigenvalue weighted by atomic mass is 10.1. The van der Waals surface area contributed by atoms with Crippen molar-refractivity contribution in [3.05, 3.63) is 17.5 Å². The van der Waals surface area contributed by atoms with E-state index in [9.17, 15) is 4.79 Å². The van der Waals surface area contributed by atoms with Crippen LogP contribution in [0.2, 0.25) is 0 Å². The molecule has 0 saturated carbocycles. The fourth-order valence-electron chi connectivity index (χ4n) is 3.12. The van der Waals surface area contributed by atoms with Gasteiger partial charge in [-0.3, -0.25) is 14.4 Å². The molecule has 1 aromatic heterocycles. The monoisotopic (exact) mass is 277 g/mol. The molecule has 3 heterocycles. The molecule has 1 atom stereocenters. The van der Waals surface area contributed by atoms with Crippen LogP contribution in [0, 0.1) is 6.92 Å². The quantitative estimate of drug-likeness (QED) is 0.817. The summed E-state index contributed by atoms with van der Waals surface area (Å²) < 4.78 is 1.76. The highest BCUT2D eigenvalue weighted by Gasteiger charge is 2.29. The molecule has 0 aliphatic carbocycles. The summed E-state index contributed by atoms with van der Waals surface area (Å²) in [4.78, 5) is 17.0. The molecule has 6 heteroatoms. The van der Waals surface area contributed by atoms with Crippen LogP contribution in [-0.4, -0.2) is 70.8 Å². The van der Waals surface area contributed by atoms with Crippen LogP contribution in [0.25, 0.3) is 0 Å². The highest BCUT2D eigenvalue weighted by Crippen LogP contribution is 2.15. The zero-order chi connectivity index (χ0) is 14.1. The smallest absolute Gasteiger partial charge is 0.257 e. The Bertz CT molecular complexity index is 484. The van der Waals surface area contributed by atoms with Crippen molar-refractivity contribution in [3.8, 4) is 0 Å². The van der Waals surface area contributed by atoms with Crippen molar-refractivity contribution >= 4 is 5.91 Å². The van der Waals surface area contributed by atoms with E-state index in [1.165, 1.54) is 6.42 Å². The minimum absolute atomic E-state index is 0.125. The lowest BCUT2D eigenvalue weighted by Crippen LogP contribution is -2.52. The third kappa shape index (κ3) is 2.45. The summed E-state index contributed by atoms with van der Waals surface area (Å²) in [6.45, 7) is 7.77. The fraction of sp³-hybridized carbons (Fsp3) is 0.714. The molecule has 0 bridgehead atoms.